The van der Waals surface area contributed by atoms with E-state index in [0.29, 0.717) is 5.56 Å². The van der Waals surface area contributed by atoms with Gasteiger partial charge in [0, 0.05) is 32.7 Å². The zero-order chi connectivity index (χ0) is 21.9. The molecule has 2 aliphatic rings. The van der Waals surface area contributed by atoms with E-state index in [1.54, 1.807) is 26.0 Å². The van der Waals surface area contributed by atoms with Crippen LogP contribution in [0, 0.1) is 13.5 Å². The van der Waals surface area contributed by atoms with Crippen LogP contribution in [0.15, 0.2) is 60.7 Å². The van der Waals surface area contributed by atoms with Gasteiger partial charge in [0.15, 0.2) is 12.1 Å². The summed E-state index contributed by atoms with van der Waals surface area (Å²) in [5.74, 6) is -0.765. The average molecular weight is 507 g/mol. The van der Waals surface area contributed by atoms with Crippen molar-refractivity contribution >= 4 is 0 Å². The number of benzene rings is 2. The van der Waals surface area contributed by atoms with Gasteiger partial charge in [0.05, 0.1) is 0 Å². The number of fused-ring (bicyclic) bond motifs is 1. The van der Waals surface area contributed by atoms with Crippen LogP contribution in [0.3, 0.4) is 0 Å². The first-order valence-corrected chi connectivity index (χ1v) is 10.3. The summed E-state index contributed by atoms with van der Waals surface area (Å²) in [6.07, 6.45) is -3.75. The van der Waals surface area contributed by atoms with Gasteiger partial charge in [-0.1, -0.05) is 58.0 Å². The Balaban J connectivity index is 0. The summed E-state index contributed by atoms with van der Waals surface area (Å²) in [6.45, 7) is 11.5. The maximum atomic E-state index is 10.3. The summed E-state index contributed by atoms with van der Waals surface area (Å²) in [7, 11) is 0. The van der Waals surface area contributed by atoms with Crippen LogP contribution in [0.4, 0.5) is 0 Å². The van der Waals surface area contributed by atoms with Gasteiger partial charge >= 0.3 is 0 Å². The molecule has 31 heavy (non-hydrogen) atoms. The van der Waals surface area contributed by atoms with Crippen molar-refractivity contribution in [1.82, 2.24) is 0 Å². The van der Waals surface area contributed by atoms with E-state index in [2.05, 4.69) is 6.07 Å². The summed E-state index contributed by atoms with van der Waals surface area (Å²) in [4.78, 5) is 0. The molecular formula is C25H38O5Y-2. The number of ether oxygens (including phenoxy) is 3. The molecule has 2 heterocycles. The maximum Gasteiger partial charge on any atom is 0.190 e. The van der Waals surface area contributed by atoms with Crippen molar-refractivity contribution in [2.24, 2.45) is 0 Å². The summed E-state index contributed by atoms with van der Waals surface area (Å²) < 4.78 is 16.7. The summed E-state index contributed by atoms with van der Waals surface area (Å²) in [5, 5.41) is 20.5. The van der Waals surface area contributed by atoms with Crippen molar-refractivity contribution < 1.29 is 57.1 Å². The summed E-state index contributed by atoms with van der Waals surface area (Å²) in [6, 6.07) is 21.6. The molecule has 5 nitrogen and oxygen atoms in total. The van der Waals surface area contributed by atoms with Gasteiger partial charge in [-0.3, -0.25) is 0 Å². The van der Waals surface area contributed by atoms with Crippen molar-refractivity contribution in [3.63, 3.8) is 0 Å². The van der Waals surface area contributed by atoms with Gasteiger partial charge < -0.3 is 31.9 Å². The molecule has 4 rings (SSSR count). The number of aliphatic hydroxyl groups excluding tert-OH is 2. The molecule has 0 amide bonds. The SMILES string of the molecule is CC.CC.CC1(C)O[C@@H]2O[C@@H]([C@@H](O)c3ccccc3)[C@@H](O)[C@@H]2O1.[CH3-].[Y].[c-]1ccccc1. The van der Waals surface area contributed by atoms with Crippen LogP contribution in [0.1, 0.15) is 53.2 Å². The van der Waals surface area contributed by atoms with Crippen LogP contribution >= 0.6 is 0 Å². The minimum Gasteiger partial charge on any atom is -0.387 e. The molecule has 173 valence electrons. The van der Waals surface area contributed by atoms with Crippen LogP contribution in [-0.2, 0) is 46.9 Å². The molecular weight excluding hydrogens is 469 g/mol. The minimum atomic E-state index is -0.915. The number of rotatable bonds is 2. The van der Waals surface area contributed by atoms with Crippen LogP contribution in [0.5, 0.6) is 0 Å². The predicted octanol–water partition coefficient (Wildman–Crippen LogP) is 4.94. The minimum absolute atomic E-state index is 0. The predicted molar refractivity (Wildman–Crippen MR) is 120 cm³/mol. The molecule has 0 bridgehead atoms. The first-order chi connectivity index (χ1) is 14.0. The van der Waals surface area contributed by atoms with Crippen molar-refractivity contribution in [1.29, 1.82) is 0 Å². The largest absolute Gasteiger partial charge is 0.387 e. The van der Waals surface area contributed by atoms with Gasteiger partial charge in [-0.2, -0.15) is 36.4 Å². The molecule has 0 aromatic heterocycles. The Labute approximate surface area is 214 Å². The third-order valence-corrected chi connectivity index (χ3v) is 4.11. The quantitative estimate of drug-likeness (QED) is 0.564. The van der Waals surface area contributed by atoms with E-state index in [-0.39, 0.29) is 40.1 Å². The molecule has 0 spiro atoms. The van der Waals surface area contributed by atoms with E-state index in [9.17, 15) is 10.2 Å². The monoisotopic (exact) mass is 507 g/mol. The number of aliphatic hydroxyl groups is 2. The van der Waals surface area contributed by atoms with Crippen molar-refractivity contribution in [3.05, 3.63) is 79.7 Å². The molecule has 2 aliphatic heterocycles. The van der Waals surface area contributed by atoms with Gasteiger partial charge in [0.2, 0.25) is 0 Å². The first kappa shape index (κ1) is 32.5. The second kappa shape index (κ2) is 16.9. The molecule has 1 radical (unpaired) electrons. The standard InChI is InChI=1S/C14H18O5.C6H5.2C2H6.CH3.Y/c1-14(2)18-12-10(16)11(17-13(12)19-14)9(15)8-6-4-3-5-7-8;1-2-4-6-5-3-1;2*1-2;;/h3-7,9-13,15-16H,1-2H3;1-5H;2*1-2H3;1H3;/q;-1;;;-1;/t9-,10+,11-,12-,13-;;;;;/m0...../s1. The second-order valence-electron chi connectivity index (χ2n) is 6.49. The van der Waals surface area contributed by atoms with E-state index in [1.807, 2.05) is 76.2 Å². The van der Waals surface area contributed by atoms with E-state index in [4.69, 9.17) is 14.2 Å². The van der Waals surface area contributed by atoms with E-state index >= 15 is 0 Å². The van der Waals surface area contributed by atoms with Crippen LogP contribution in [0.2, 0.25) is 0 Å². The van der Waals surface area contributed by atoms with Gasteiger partial charge in [-0.05, 0) is 19.4 Å². The van der Waals surface area contributed by atoms with Gasteiger partial charge in [-0.25, -0.2) is 0 Å². The Morgan fingerprint density at radius 1 is 0.903 bits per heavy atom. The summed E-state index contributed by atoms with van der Waals surface area (Å²) >= 11 is 0. The molecule has 0 saturated carbocycles. The Bertz CT molecular complexity index is 627. The van der Waals surface area contributed by atoms with Crippen LogP contribution < -0.4 is 0 Å². The van der Waals surface area contributed by atoms with Crippen LogP contribution in [0.25, 0.3) is 0 Å². The van der Waals surface area contributed by atoms with Crippen molar-refractivity contribution in [2.45, 2.75) is 78.0 Å². The van der Waals surface area contributed by atoms with Crippen LogP contribution in [-0.4, -0.2) is 40.6 Å². The smallest absolute Gasteiger partial charge is 0.190 e. The number of hydrogen-bond acceptors (Lipinski definition) is 5. The summed E-state index contributed by atoms with van der Waals surface area (Å²) in [5.41, 5.74) is 0.700. The molecule has 2 aromatic rings. The number of hydrogen-bond donors (Lipinski definition) is 2. The normalized spacial score (nSPS) is 25.3. The fraction of sp³-hybridized carbons (Fsp3) is 0.480. The Morgan fingerprint density at radius 2 is 1.42 bits per heavy atom. The van der Waals surface area contributed by atoms with E-state index in [0.717, 1.165) is 0 Å². The topological polar surface area (TPSA) is 68.2 Å². The van der Waals surface area contributed by atoms with E-state index < -0.39 is 36.5 Å². The molecule has 6 heteroatoms. The zero-order valence-electron chi connectivity index (χ0n) is 19.9. The molecule has 2 saturated heterocycles. The first-order valence-electron chi connectivity index (χ1n) is 10.3. The maximum absolute atomic E-state index is 10.3. The van der Waals surface area contributed by atoms with Gasteiger partial charge in [0.25, 0.3) is 0 Å². The fourth-order valence-corrected chi connectivity index (χ4v) is 2.96. The Kier molecular flexibility index (Phi) is 17.7. The zero-order valence-corrected chi connectivity index (χ0v) is 22.7. The van der Waals surface area contributed by atoms with E-state index in [1.165, 1.54) is 0 Å². The third kappa shape index (κ3) is 9.79. The molecule has 2 fully saturated rings. The fourth-order valence-electron chi connectivity index (χ4n) is 2.96. The molecule has 5 atom stereocenters. The van der Waals surface area contributed by atoms with Crippen molar-refractivity contribution in [2.75, 3.05) is 0 Å². The van der Waals surface area contributed by atoms with Gasteiger partial charge in [-0.15, -0.1) is 0 Å². The molecule has 2 aromatic carbocycles. The third-order valence-electron chi connectivity index (χ3n) is 4.11. The Morgan fingerprint density at radius 3 is 1.84 bits per heavy atom. The molecule has 0 aliphatic carbocycles. The van der Waals surface area contributed by atoms with Crippen molar-refractivity contribution in [3.8, 4) is 0 Å². The Hall–Kier alpha value is -0.656. The molecule has 2 N–H and O–H groups in total. The average Bonchev–Trinajstić information content (AvgIpc) is 3.25. The second-order valence-corrected chi connectivity index (χ2v) is 6.49. The molecule has 0 unspecified atom stereocenters. The van der Waals surface area contributed by atoms with Gasteiger partial charge in [0.1, 0.15) is 24.4 Å².